The molecule has 1 fully saturated rings. The van der Waals surface area contributed by atoms with Crippen molar-refractivity contribution in [1.82, 2.24) is 10.1 Å². The van der Waals surface area contributed by atoms with Crippen LogP contribution in [0.1, 0.15) is 17.5 Å². The second-order valence-electron chi connectivity index (χ2n) is 5.62. The first kappa shape index (κ1) is 13.7. The normalized spacial score (nSPS) is 19.7. The molecule has 1 aliphatic carbocycles. The molecular formula is C15H14N4O4. The highest BCUT2D eigenvalue weighted by Crippen LogP contribution is 2.33. The van der Waals surface area contributed by atoms with Crippen molar-refractivity contribution in [2.45, 2.75) is 25.4 Å². The van der Waals surface area contributed by atoms with E-state index in [4.69, 9.17) is 15.0 Å². The number of fused-ring (bicyclic) bond motifs is 3. The summed E-state index contributed by atoms with van der Waals surface area (Å²) < 4.78 is 10.3. The van der Waals surface area contributed by atoms with E-state index in [-0.39, 0.29) is 6.54 Å². The van der Waals surface area contributed by atoms with E-state index in [1.54, 1.807) is 12.4 Å². The molecule has 23 heavy (non-hydrogen) atoms. The number of pyridine rings is 1. The van der Waals surface area contributed by atoms with Gasteiger partial charge in [0.2, 0.25) is 0 Å². The standard InChI is InChI=1S/C15H14N4O4/c16-14(20)11-7-19(15(21)22-11)10-4-8-2-1-3-9-5-18-23-13(9)12(8)17-6-10/h4-6,11H,1-3,7H2,(H2,16,20)/t11-/m1/s1. The fourth-order valence-corrected chi connectivity index (χ4v) is 2.96. The maximum absolute atomic E-state index is 11.9. The first-order valence-corrected chi connectivity index (χ1v) is 7.34. The van der Waals surface area contributed by atoms with Crippen LogP contribution >= 0.6 is 0 Å². The quantitative estimate of drug-likeness (QED) is 0.886. The number of cyclic esters (lactones) is 1. The van der Waals surface area contributed by atoms with Crippen molar-refractivity contribution in [3.05, 3.63) is 29.6 Å². The first-order chi connectivity index (χ1) is 11.1. The fourth-order valence-electron chi connectivity index (χ4n) is 2.96. The van der Waals surface area contributed by atoms with Gasteiger partial charge >= 0.3 is 6.09 Å². The second-order valence-corrected chi connectivity index (χ2v) is 5.62. The molecule has 1 saturated heterocycles. The zero-order chi connectivity index (χ0) is 16.0. The molecular weight excluding hydrogens is 300 g/mol. The average molecular weight is 314 g/mol. The number of hydrogen-bond donors (Lipinski definition) is 1. The number of nitrogens with two attached hydrogens (primary N) is 1. The van der Waals surface area contributed by atoms with E-state index >= 15 is 0 Å². The maximum atomic E-state index is 11.9. The Kier molecular flexibility index (Phi) is 3.03. The Morgan fingerprint density at radius 1 is 1.30 bits per heavy atom. The molecule has 0 bridgehead atoms. The van der Waals surface area contributed by atoms with Crippen LogP contribution in [0, 0.1) is 0 Å². The molecule has 0 spiro atoms. The van der Waals surface area contributed by atoms with Gasteiger partial charge in [-0.1, -0.05) is 5.16 Å². The summed E-state index contributed by atoms with van der Waals surface area (Å²) in [5, 5.41) is 3.83. The van der Waals surface area contributed by atoms with Gasteiger partial charge in [0, 0.05) is 5.56 Å². The van der Waals surface area contributed by atoms with E-state index in [1.165, 1.54) is 4.90 Å². The van der Waals surface area contributed by atoms with Crippen molar-refractivity contribution in [2.24, 2.45) is 5.73 Å². The minimum atomic E-state index is -0.929. The third kappa shape index (κ3) is 2.23. The SMILES string of the molecule is NC(=O)[C@H]1CN(c2cnc3c(c2)CCCc2cnoc2-3)C(=O)O1. The van der Waals surface area contributed by atoms with Crippen molar-refractivity contribution < 1.29 is 18.8 Å². The molecule has 2 N–H and O–H groups in total. The number of aromatic nitrogens is 2. The molecule has 1 aliphatic heterocycles. The summed E-state index contributed by atoms with van der Waals surface area (Å²) >= 11 is 0. The number of carbonyl (C=O) groups excluding carboxylic acids is 2. The molecule has 8 nitrogen and oxygen atoms in total. The van der Waals surface area contributed by atoms with Crippen LogP contribution in [0.4, 0.5) is 10.5 Å². The smallest absolute Gasteiger partial charge is 0.415 e. The highest BCUT2D eigenvalue weighted by Gasteiger charge is 2.36. The Hall–Kier alpha value is -2.90. The molecule has 1 atom stereocenters. The summed E-state index contributed by atoms with van der Waals surface area (Å²) in [6.07, 6.45) is 4.41. The van der Waals surface area contributed by atoms with Crippen molar-refractivity contribution in [2.75, 3.05) is 11.4 Å². The number of anilines is 1. The summed E-state index contributed by atoms with van der Waals surface area (Å²) in [5.74, 6) is 0.0259. The summed E-state index contributed by atoms with van der Waals surface area (Å²) in [5.41, 5.74) is 8.55. The number of nitrogens with zero attached hydrogens (tertiary/aromatic N) is 3. The van der Waals surface area contributed by atoms with Gasteiger partial charge in [0.05, 0.1) is 24.6 Å². The van der Waals surface area contributed by atoms with Crippen LogP contribution in [0.15, 0.2) is 23.0 Å². The minimum Gasteiger partial charge on any atom is -0.434 e. The summed E-state index contributed by atoms with van der Waals surface area (Å²) in [6.45, 7) is 0.0994. The Morgan fingerprint density at radius 2 is 2.13 bits per heavy atom. The molecule has 0 saturated carbocycles. The predicted octanol–water partition coefficient (Wildman–Crippen LogP) is 1.04. The molecule has 2 aliphatic rings. The van der Waals surface area contributed by atoms with Crippen LogP contribution in [0.25, 0.3) is 11.5 Å². The Bertz CT molecular complexity index is 801. The van der Waals surface area contributed by atoms with Crippen molar-refractivity contribution in [3.8, 4) is 11.5 Å². The number of hydrogen-bond acceptors (Lipinski definition) is 6. The first-order valence-electron chi connectivity index (χ1n) is 7.34. The largest absolute Gasteiger partial charge is 0.434 e. The Labute approximate surface area is 131 Å². The lowest BCUT2D eigenvalue weighted by Crippen LogP contribution is -2.32. The van der Waals surface area contributed by atoms with Crippen LogP contribution in [0.3, 0.4) is 0 Å². The fraction of sp³-hybridized carbons (Fsp3) is 0.333. The number of carbonyl (C=O) groups is 2. The highest BCUT2D eigenvalue weighted by molar-refractivity contribution is 5.95. The van der Waals surface area contributed by atoms with E-state index in [9.17, 15) is 9.59 Å². The molecule has 2 aromatic rings. The van der Waals surface area contributed by atoms with Gasteiger partial charge in [0.1, 0.15) is 5.69 Å². The van der Waals surface area contributed by atoms with Crippen molar-refractivity contribution >= 4 is 17.7 Å². The van der Waals surface area contributed by atoms with Gasteiger partial charge in [0.25, 0.3) is 5.91 Å². The van der Waals surface area contributed by atoms with E-state index in [1.807, 2.05) is 6.07 Å². The highest BCUT2D eigenvalue weighted by atomic mass is 16.6. The molecule has 4 rings (SSSR count). The van der Waals surface area contributed by atoms with E-state index < -0.39 is 18.1 Å². The Balaban J connectivity index is 1.70. The molecule has 2 amide bonds. The van der Waals surface area contributed by atoms with Gasteiger partial charge in [-0.25, -0.2) is 4.79 Å². The third-order valence-corrected chi connectivity index (χ3v) is 4.14. The van der Waals surface area contributed by atoms with Gasteiger partial charge in [-0.05, 0) is 30.9 Å². The number of amides is 2. The van der Waals surface area contributed by atoms with Crippen LogP contribution in [-0.4, -0.2) is 34.8 Å². The molecule has 0 aromatic carbocycles. The lowest BCUT2D eigenvalue weighted by molar-refractivity contribution is -0.124. The lowest BCUT2D eigenvalue weighted by Gasteiger charge is -2.14. The molecule has 3 heterocycles. The van der Waals surface area contributed by atoms with Gasteiger partial charge in [-0.3, -0.25) is 14.7 Å². The monoisotopic (exact) mass is 314 g/mol. The van der Waals surface area contributed by atoms with Gasteiger partial charge in [-0.2, -0.15) is 0 Å². The number of aryl methyl sites for hydroxylation is 2. The summed E-state index contributed by atoms with van der Waals surface area (Å²) in [7, 11) is 0. The third-order valence-electron chi connectivity index (χ3n) is 4.14. The lowest BCUT2D eigenvalue weighted by atomic mass is 10.1. The maximum Gasteiger partial charge on any atom is 0.415 e. The van der Waals surface area contributed by atoms with E-state index in [2.05, 4.69) is 10.1 Å². The molecule has 0 unspecified atom stereocenters. The van der Waals surface area contributed by atoms with Crippen LogP contribution < -0.4 is 10.6 Å². The van der Waals surface area contributed by atoms with Crippen LogP contribution in [0.2, 0.25) is 0 Å². The zero-order valence-electron chi connectivity index (χ0n) is 12.2. The van der Waals surface area contributed by atoms with Gasteiger partial charge < -0.3 is 15.0 Å². The topological polar surface area (TPSA) is 112 Å². The number of rotatable bonds is 2. The minimum absolute atomic E-state index is 0.0994. The van der Waals surface area contributed by atoms with E-state index in [0.29, 0.717) is 11.4 Å². The number of ether oxygens (including phenoxy) is 1. The number of primary amides is 1. The van der Waals surface area contributed by atoms with Gasteiger partial charge in [-0.15, -0.1) is 0 Å². The zero-order valence-corrected chi connectivity index (χ0v) is 12.2. The summed E-state index contributed by atoms with van der Waals surface area (Å²) in [4.78, 5) is 28.9. The predicted molar refractivity (Wildman–Crippen MR) is 78.6 cm³/mol. The second kappa shape index (κ2) is 5.08. The van der Waals surface area contributed by atoms with Crippen molar-refractivity contribution in [1.29, 1.82) is 0 Å². The van der Waals surface area contributed by atoms with Crippen LogP contribution in [0.5, 0.6) is 0 Å². The van der Waals surface area contributed by atoms with Crippen LogP contribution in [-0.2, 0) is 22.4 Å². The van der Waals surface area contributed by atoms with E-state index in [0.717, 1.165) is 36.1 Å². The molecule has 8 heteroatoms. The summed E-state index contributed by atoms with van der Waals surface area (Å²) in [6, 6.07) is 1.88. The molecule has 118 valence electrons. The molecule has 2 aromatic heterocycles. The molecule has 0 radical (unpaired) electrons. The van der Waals surface area contributed by atoms with Crippen molar-refractivity contribution in [3.63, 3.8) is 0 Å². The average Bonchev–Trinajstić information content (AvgIpc) is 3.10. The Morgan fingerprint density at radius 3 is 2.91 bits per heavy atom. The van der Waals surface area contributed by atoms with Gasteiger partial charge in [0.15, 0.2) is 11.9 Å².